The van der Waals surface area contributed by atoms with E-state index in [0.717, 1.165) is 28.8 Å². The normalized spacial score (nSPS) is 15.6. The van der Waals surface area contributed by atoms with E-state index in [9.17, 15) is 18.0 Å². The van der Waals surface area contributed by atoms with E-state index < -0.39 is 17.6 Å². The number of amidine groups is 1. The van der Waals surface area contributed by atoms with Crippen LogP contribution in [0.5, 0.6) is 11.5 Å². The Kier molecular flexibility index (Phi) is 5.56. The fourth-order valence-corrected chi connectivity index (χ4v) is 3.85. The molecule has 1 aliphatic heterocycles. The number of halogens is 3. The second kappa shape index (κ2) is 8.31. The summed E-state index contributed by atoms with van der Waals surface area (Å²) in [6.07, 6.45) is -2.95. The lowest BCUT2D eigenvalue weighted by Crippen LogP contribution is -2.28. The van der Waals surface area contributed by atoms with Crippen molar-refractivity contribution < 1.29 is 22.7 Å². The van der Waals surface area contributed by atoms with Crippen LogP contribution in [0, 0.1) is 5.41 Å². The topological polar surface area (TPSA) is 53.4 Å². The molecule has 1 heterocycles. The summed E-state index contributed by atoms with van der Waals surface area (Å²) in [5.41, 5.74) is -0.205. The molecule has 8 heteroatoms. The molecule has 0 spiro atoms. The lowest BCUT2D eigenvalue weighted by atomic mass is 10.1. The Morgan fingerprint density at radius 2 is 1.61 bits per heavy atom. The lowest BCUT2D eigenvalue weighted by molar-refractivity contribution is -0.137. The Morgan fingerprint density at radius 3 is 2.35 bits per heavy atom. The third-order valence-electron chi connectivity index (χ3n) is 4.39. The maximum atomic E-state index is 13.0. The van der Waals surface area contributed by atoms with Gasteiger partial charge < -0.3 is 4.74 Å². The molecule has 1 amide bonds. The van der Waals surface area contributed by atoms with Gasteiger partial charge in [0.25, 0.3) is 5.91 Å². The molecule has 0 saturated carbocycles. The van der Waals surface area contributed by atoms with Gasteiger partial charge in [0.2, 0.25) is 0 Å². The summed E-state index contributed by atoms with van der Waals surface area (Å²) in [7, 11) is 0. The number of thioether (sulfide) groups is 1. The van der Waals surface area contributed by atoms with E-state index in [0.29, 0.717) is 17.1 Å². The molecule has 3 aromatic rings. The molecule has 1 fully saturated rings. The smallest absolute Gasteiger partial charge is 0.416 e. The molecule has 0 radical (unpaired) electrons. The standard InChI is InChI=1S/C23H15F3N2O2S/c24-23(25,26)16-7-5-8-17(14-16)28-21(29)20(31-22(28)27)13-15-6-4-11-19(12-15)30-18-9-2-1-3-10-18/h1-14,27H/b20-13-,27-22?. The summed E-state index contributed by atoms with van der Waals surface area (Å²) < 4.78 is 44.9. The number of ether oxygens (including phenoxy) is 1. The zero-order valence-electron chi connectivity index (χ0n) is 15.9. The van der Waals surface area contributed by atoms with Crippen molar-refractivity contribution in [3.05, 3.63) is 94.9 Å². The van der Waals surface area contributed by atoms with E-state index >= 15 is 0 Å². The van der Waals surface area contributed by atoms with Crippen LogP contribution < -0.4 is 9.64 Å². The minimum Gasteiger partial charge on any atom is -0.457 e. The highest BCUT2D eigenvalue weighted by Crippen LogP contribution is 2.38. The number of carbonyl (C=O) groups is 1. The summed E-state index contributed by atoms with van der Waals surface area (Å²) in [4.78, 5) is 14.0. The monoisotopic (exact) mass is 440 g/mol. The minimum atomic E-state index is -4.54. The number of carbonyl (C=O) groups excluding carboxylic acids is 1. The van der Waals surface area contributed by atoms with Crippen molar-refractivity contribution in [2.75, 3.05) is 4.90 Å². The first-order valence-corrected chi connectivity index (χ1v) is 9.96. The maximum absolute atomic E-state index is 13.0. The van der Waals surface area contributed by atoms with Crippen LogP contribution in [0.3, 0.4) is 0 Å². The van der Waals surface area contributed by atoms with E-state index in [-0.39, 0.29) is 15.8 Å². The number of anilines is 1. The van der Waals surface area contributed by atoms with Crippen molar-refractivity contribution >= 4 is 34.6 Å². The van der Waals surface area contributed by atoms with Gasteiger partial charge in [-0.15, -0.1) is 0 Å². The molecule has 3 aromatic carbocycles. The van der Waals surface area contributed by atoms with E-state index in [1.54, 1.807) is 30.3 Å². The van der Waals surface area contributed by atoms with Crippen molar-refractivity contribution in [3.63, 3.8) is 0 Å². The van der Waals surface area contributed by atoms with Crippen molar-refractivity contribution in [2.24, 2.45) is 0 Å². The first kappa shape index (κ1) is 20.7. The summed E-state index contributed by atoms with van der Waals surface area (Å²) in [5, 5.41) is 7.95. The lowest BCUT2D eigenvalue weighted by Gasteiger charge is -2.16. The highest BCUT2D eigenvalue weighted by molar-refractivity contribution is 8.19. The average Bonchev–Trinajstić information content (AvgIpc) is 3.01. The van der Waals surface area contributed by atoms with Crippen molar-refractivity contribution in [1.29, 1.82) is 5.41 Å². The molecule has 156 valence electrons. The fourth-order valence-electron chi connectivity index (χ4n) is 2.99. The zero-order valence-corrected chi connectivity index (χ0v) is 16.7. The molecule has 0 bridgehead atoms. The molecule has 1 N–H and O–H groups in total. The van der Waals surface area contributed by atoms with Gasteiger partial charge >= 0.3 is 6.18 Å². The summed E-state index contributed by atoms with van der Waals surface area (Å²) >= 11 is 0.893. The minimum absolute atomic E-state index is 0.00175. The number of para-hydroxylation sites is 1. The molecule has 1 saturated heterocycles. The second-order valence-corrected chi connectivity index (χ2v) is 7.62. The van der Waals surface area contributed by atoms with Crippen LogP contribution in [0.25, 0.3) is 6.08 Å². The van der Waals surface area contributed by atoms with E-state index in [1.165, 1.54) is 12.1 Å². The zero-order chi connectivity index (χ0) is 22.0. The number of alkyl halides is 3. The number of rotatable bonds is 4. The number of nitrogens with one attached hydrogen (secondary N) is 1. The van der Waals surface area contributed by atoms with Gasteiger partial charge in [-0.2, -0.15) is 13.2 Å². The summed E-state index contributed by atoms with van der Waals surface area (Å²) in [5.74, 6) is 0.681. The Morgan fingerprint density at radius 1 is 0.903 bits per heavy atom. The largest absolute Gasteiger partial charge is 0.457 e. The van der Waals surface area contributed by atoms with Crippen LogP contribution in [0.15, 0.2) is 83.8 Å². The van der Waals surface area contributed by atoms with Crippen molar-refractivity contribution in [3.8, 4) is 11.5 Å². The van der Waals surface area contributed by atoms with Crippen LogP contribution in [0.1, 0.15) is 11.1 Å². The van der Waals surface area contributed by atoms with Crippen LogP contribution in [0.2, 0.25) is 0 Å². The van der Waals surface area contributed by atoms with Gasteiger partial charge in [0.1, 0.15) is 11.5 Å². The second-order valence-electron chi connectivity index (χ2n) is 6.59. The molecule has 1 aliphatic rings. The van der Waals surface area contributed by atoms with Crippen LogP contribution in [0.4, 0.5) is 18.9 Å². The highest BCUT2D eigenvalue weighted by atomic mass is 32.2. The Balaban J connectivity index is 1.59. The third-order valence-corrected chi connectivity index (χ3v) is 5.28. The van der Waals surface area contributed by atoms with Crippen molar-refractivity contribution in [1.82, 2.24) is 0 Å². The molecule has 4 rings (SSSR count). The molecular formula is C23H15F3N2O2S. The van der Waals surface area contributed by atoms with Gasteiger partial charge in [0.05, 0.1) is 16.2 Å². The number of hydrogen-bond donors (Lipinski definition) is 1. The Hall–Kier alpha value is -3.52. The maximum Gasteiger partial charge on any atom is 0.416 e. The SMILES string of the molecule is N=C1S/C(=C\c2cccc(Oc3ccccc3)c2)C(=O)N1c1cccc(C(F)(F)F)c1. The molecule has 4 nitrogen and oxygen atoms in total. The van der Waals surface area contributed by atoms with Gasteiger partial charge in [-0.25, -0.2) is 0 Å². The van der Waals surface area contributed by atoms with Gasteiger partial charge in [0.15, 0.2) is 5.17 Å². The third kappa shape index (κ3) is 4.64. The van der Waals surface area contributed by atoms with Crippen LogP contribution in [-0.4, -0.2) is 11.1 Å². The predicted octanol–water partition coefficient (Wildman–Crippen LogP) is 6.55. The molecule has 0 atom stereocenters. The first-order chi connectivity index (χ1) is 14.8. The van der Waals surface area contributed by atoms with E-state index in [2.05, 4.69) is 0 Å². The Bertz CT molecular complexity index is 1180. The van der Waals surface area contributed by atoms with Crippen LogP contribution in [-0.2, 0) is 11.0 Å². The Labute approximate surface area is 180 Å². The quantitative estimate of drug-likeness (QED) is 0.468. The first-order valence-electron chi connectivity index (χ1n) is 9.14. The predicted molar refractivity (Wildman–Crippen MR) is 115 cm³/mol. The van der Waals surface area contributed by atoms with Gasteiger partial charge in [-0.05, 0) is 65.9 Å². The van der Waals surface area contributed by atoms with Gasteiger partial charge in [-0.3, -0.25) is 15.1 Å². The van der Waals surface area contributed by atoms with Gasteiger partial charge in [-0.1, -0.05) is 36.4 Å². The number of nitrogens with zero attached hydrogens (tertiary/aromatic N) is 1. The molecule has 0 aliphatic carbocycles. The average molecular weight is 440 g/mol. The van der Waals surface area contributed by atoms with E-state index in [4.69, 9.17) is 10.1 Å². The summed E-state index contributed by atoms with van der Waals surface area (Å²) in [6.45, 7) is 0. The number of hydrogen-bond acceptors (Lipinski definition) is 4. The van der Waals surface area contributed by atoms with Gasteiger partial charge in [0, 0.05) is 0 Å². The van der Waals surface area contributed by atoms with E-state index in [1.807, 2.05) is 30.3 Å². The molecule has 0 unspecified atom stereocenters. The molecule has 31 heavy (non-hydrogen) atoms. The molecular weight excluding hydrogens is 425 g/mol. The molecule has 0 aromatic heterocycles. The summed E-state index contributed by atoms with van der Waals surface area (Å²) in [6, 6.07) is 20.6. The highest BCUT2D eigenvalue weighted by Gasteiger charge is 2.36. The number of benzene rings is 3. The van der Waals surface area contributed by atoms with Crippen LogP contribution >= 0.6 is 11.8 Å². The van der Waals surface area contributed by atoms with Crippen molar-refractivity contribution in [2.45, 2.75) is 6.18 Å². The fraction of sp³-hybridized carbons (Fsp3) is 0.0435. The number of amides is 1.